The molecule has 2 aromatic rings. The number of nitrogens with zero attached hydrogens (tertiary/aromatic N) is 1. The minimum atomic E-state index is -1.88. The van der Waals surface area contributed by atoms with Gasteiger partial charge in [0, 0.05) is 11.5 Å². The maximum atomic E-state index is 13.1. The summed E-state index contributed by atoms with van der Waals surface area (Å²) in [4.78, 5) is 3.72. The topological polar surface area (TPSA) is 62.6 Å². The van der Waals surface area contributed by atoms with Gasteiger partial charge in [0.15, 0.2) is 0 Å². The molecule has 0 aliphatic heterocycles. The maximum Gasteiger partial charge on any atom is 0.491 e. The van der Waals surface area contributed by atoms with Gasteiger partial charge in [-0.05, 0) is 5.56 Å². The van der Waals surface area contributed by atoms with E-state index in [2.05, 4.69) is 4.98 Å². The first kappa shape index (κ1) is 12.5. The highest BCUT2D eigenvalue weighted by Crippen LogP contribution is 2.08. The zero-order valence-corrected chi connectivity index (χ0v) is 9.45. The van der Waals surface area contributed by atoms with Gasteiger partial charge in [-0.3, -0.25) is 0 Å². The number of aromatic nitrogens is 1. The fraction of sp³-hybridized carbons (Fsp3) is 0.0833. The molecule has 0 fully saturated rings. The van der Waals surface area contributed by atoms with Gasteiger partial charge in [0.25, 0.3) is 0 Å². The Kier molecular flexibility index (Phi) is 3.91. The molecular weight excluding hydrogens is 236 g/mol. The normalized spacial score (nSPS) is 10.2. The van der Waals surface area contributed by atoms with Crippen molar-refractivity contribution < 1.29 is 19.2 Å². The number of hydrogen-bond acceptors (Lipinski definition) is 4. The predicted molar refractivity (Wildman–Crippen MR) is 64.8 cm³/mol. The fourth-order valence-electron chi connectivity index (χ4n) is 1.44. The van der Waals surface area contributed by atoms with Crippen LogP contribution in [-0.2, 0) is 6.61 Å². The quantitative estimate of drug-likeness (QED) is 0.771. The lowest BCUT2D eigenvalue weighted by Gasteiger charge is -2.07. The Morgan fingerprint density at radius 3 is 2.61 bits per heavy atom. The van der Waals surface area contributed by atoms with E-state index in [4.69, 9.17) is 14.8 Å². The Morgan fingerprint density at radius 1 is 1.22 bits per heavy atom. The first-order chi connectivity index (χ1) is 8.66. The van der Waals surface area contributed by atoms with Crippen LogP contribution in [0.5, 0.6) is 5.88 Å². The molecule has 0 unspecified atom stereocenters. The van der Waals surface area contributed by atoms with Gasteiger partial charge in [-0.2, -0.15) is 0 Å². The second-order valence-corrected chi connectivity index (χ2v) is 3.69. The lowest BCUT2D eigenvalue weighted by molar-refractivity contribution is 0.293. The summed E-state index contributed by atoms with van der Waals surface area (Å²) in [5.41, 5.74) is 0.683. The molecule has 0 saturated heterocycles. The van der Waals surface area contributed by atoms with Gasteiger partial charge in [0.1, 0.15) is 12.4 Å². The Morgan fingerprint density at radius 2 is 1.94 bits per heavy atom. The van der Waals surface area contributed by atoms with E-state index in [0.717, 1.165) is 11.8 Å². The van der Waals surface area contributed by atoms with E-state index in [0.29, 0.717) is 0 Å². The summed E-state index contributed by atoms with van der Waals surface area (Å²) in [6.45, 7) is 0.278. The van der Waals surface area contributed by atoms with E-state index < -0.39 is 12.9 Å². The first-order valence-corrected chi connectivity index (χ1v) is 5.35. The third-order valence-electron chi connectivity index (χ3n) is 2.37. The van der Waals surface area contributed by atoms with Crippen LogP contribution in [0.4, 0.5) is 4.39 Å². The SMILES string of the molecule is OB(O)c1cc(OCc2ccccc2)ncc1F. The number of hydrogen-bond donors (Lipinski definition) is 2. The van der Waals surface area contributed by atoms with E-state index in [1.54, 1.807) is 0 Å². The van der Waals surface area contributed by atoms with Crippen molar-refractivity contribution >= 4 is 12.6 Å². The van der Waals surface area contributed by atoms with Crippen molar-refractivity contribution in [3.63, 3.8) is 0 Å². The molecule has 0 atom stereocenters. The summed E-state index contributed by atoms with van der Waals surface area (Å²) < 4.78 is 18.5. The molecule has 92 valence electrons. The van der Waals surface area contributed by atoms with Crippen LogP contribution in [0.1, 0.15) is 5.56 Å². The van der Waals surface area contributed by atoms with Gasteiger partial charge in [0.05, 0.1) is 6.20 Å². The molecule has 4 nitrogen and oxygen atoms in total. The van der Waals surface area contributed by atoms with E-state index in [9.17, 15) is 4.39 Å². The highest BCUT2D eigenvalue weighted by Gasteiger charge is 2.18. The first-order valence-electron chi connectivity index (χ1n) is 5.35. The van der Waals surface area contributed by atoms with Gasteiger partial charge in [-0.1, -0.05) is 30.3 Å². The van der Waals surface area contributed by atoms with Crippen molar-refractivity contribution in [2.75, 3.05) is 0 Å². The van der Waals surface area contributed by atoms with Crippen LogP contribution in [0.25, 0.3) is 0 Å². The van der Waals surface area contributed by atoms with Crippen LogP contribution in [0.3, 0.4) is 0 Å². The van der Waals surface area contributed by atoms with Gasteiger partial charge in [-0.25, -0.2) is 9.37 Å². The molecule has 1 aromatic heterocycles. The molecule has 0 amide bonds. The molecule has 1 heterocycles. The molecule has 0 aliphatic carbocycles. The van der Waals surface area contributed by atoms with Crippen LogP contribution in [0.2, 0.25) is 0 Å². The van der Waals surface area contributed by atoms with Crippen LogP contribution >= 0.6 is 0 Å². The second kappa shape index (κ2) is 5.62. The van der Waals surface area contributed by atoms with Crippen molar-refractivity contribution in [1.82, 2.24) is 4.98 Å². The van der Waals surface area contributed by atoms with Crippen molar-refractivity contribution in [2.24, 2.45) is 0 Å². The van der Waals surface area contributed by atoms with Crippen LogP contribution < -0.4 is 10.2 Å². The zero-order chi connectivity index (χ0) is 13.0. The Bertz CT molecular complexity index is 522. The fourth-order valence-corrected chi connectivity index (χ4v) is 1.44. The molecule has 2 rings (SSSR count). The summed E-state index contributed by atoms with van der Waals surface area (Å²) in [5, 5.41) is 17.9. The molecular formula is C12H11BFNO3. The molecule has 0 aliphatic rings. The average Bonchev–Trinajstić information content (AvgIpc) is 2.38. The van der Waals surface area contributed by atoms with E-state index in [-0.39, 0.29) is 17.9 Å². The monoisotopic (exact) mass is 247 g/mol. The minimum Gasteiger partial charge on any atom is -0.473 e. The molecule has 1 aromatic carbocycles. The maximum absolute atomic E-state index is 13.1. The summed E-state index contributed by atoms with van der Waals surface area (Å²) in [6, 6.07) is 10.6. The minimum absolute atomic E-state index is 0.142. The number of benzene rings is 1. The van der Waals surface area contributed by atoms with Crippen molar-refractivity contribution in [3.8, 4) is 5.88 Å². The van der Waals surface area contributed by atoms with Gasteiger partial charge < -0.3 is 14.8 Å². The molecule has 0 radical (unpaired) electrons. The van der Waals surface area contributed by atoms with Crippen molar-refractivity contribution in [2.45, 2.75) is 6.61 Å². The van der Waals surface area contributed by atoms with Gasteiger partial charge in [0.2, 0.25) is 5.88 Å². The zero-order valence-electron chi connectivity index (χ0n) is 9.45. The van der Waals surface area contributed by atoms with Crippen LogP contribution in [0, 0.1) is 5.82 Å². The standard InChI is InChI=1S/C12H11BFNO3/c14-11-7-15-12(6-10(11)13(16)17)18-8-9-4-2-1-3-5-9/h1-7,16-17H,8H2. The number of halogens is 1. The summed E-state index contributed by atoms with van der Waals surface area (Å²) in [7, 11) is -1.88. The highest BCUT2D eigenvalue weighted by molar-refractivity contribution is 6.58. The third-order valence-corrected chi connectivity index (χ3v) is 2.37. The third kappa shape index (κ3) is 3.06. The van der Waals surface area contributed by atoms with E-state index in [1.807, 2.05) is 30.3 Å². The number of ether oxygens (including phenoxy) is 1. The predicted octanol–water partition coefficient (Wildman–Crippen LogP) is 0.480. The van der Waals surface area contributed by atoms with E-state index in [1.165, 1.54) is 6.07 Å². The summed E-state index contributed by atoms with van der Waals surface area (Å²) in [6.07, 6.45) is 0.898. The number of rotatable bonds is 4. The molecule has 0 saturated carbocycles. The summed E-state index contributed by atoms with van der Waals surface area (Å²) in [5.74, 6) is -0.639. The summed E-state index contributed by atoms with van der Waals surface area (Å²) >= 11 is 0. The largest absolute Gasteiger partial charge is 0.491 e. The Labute approximate surface area is 104 Å². The van der Waals surface area contributed by atoms with Crippen molar-refractivity contribution in [1.29, 1.82) is 0 Å². The lowest BCUT2D eigenvalue weighted by atomic mass is 9.80. The van der Waals surface area contributed by atoms with Gasteiger partial charge in [-0.15, -0.1) is 0 Å². The lowest BCUT2D eigenvalue weighted by Crippen LogP contribution is -2.33. The van der Waals surface area contributed by atoms with Crippen LogP contribution in [-0.4, -0.2) is 22.2 Å². The molecule has 2 N–H and O–H groups in total. The Hall–Kier alpha value is -1.92. The molecule has 0 spiro atoms. The molecule has 0 bridgehead atoms. The van der Waals surface area contributed by atoms with Crippen molar-refractivity contribution in [3.05, 3.63) is 54.0 Å². The molecule has 6 heteroatoms. The highest BCUT2D eigenvalue weighted by atomic mass is 19.1. The second-order valence-electron chi connectivity index (χ2n) is 3.69. The van der Waals surface area contributed by atoms with Crippen LogP contribution in [0.15, 0.2) is 42.6 Å². The van der Waals surface area contributed by atoms with E-state index >= 15 is 0 Å². The molecule has 18 heavy (non-hydrogen) atoms. The Balaban J connectivity index is 2.08. The smallest absolute Gasteiger partial charge is 0.473 e. The van der Waals surface area contributed by atoms with Gasteiger partial charge >= 0.3 is 7.12 Å². The number of pyridine rings is 1. The average molecular weight is 247 g/mol.